The van der Waals surface area contributed by atoms with Crippen molar-refractivity contribution < 1.29 is 4.74 Å². The number of nitrogens with two attached hydrogens (primary N) is 2. The maximum Gasteiger partial charge on any atom is 0.165 e. The van der Waals surface area contributed by atoms with Crippen LogP contribution in [-0.2, 0) is 11.3 Å². The highest BCUT2D eigenvalue weighted by molar-refractivity contribution is 5.59. The number of ether oxygens (including phenoxy) is 1. The fraction of sp³-hybridized carbons (Fsp3) is 0.267. The van der Waals surface area contributed by atoms with Crippen molar-refractivity contribution in [3.63, 3.8) is 0 Å². The van der Waals surface area contributed by atoms with Gasteiger partial charge < -0.3 is 9.64 Å². The average Bonchev–Trinajstić information content (AvgIpc) is 2.75. The van der Waals surface area contributed by atoms with Gasteiger partial charge in [0.05, 0.1) is 12.7 Å². The lowest BCUT2D eigenvalue weighted by Gasteiger charge is -2.33. The Morgan fingerprint density at radius 3 is 2.82 bits per heavy atom. The predicted molar refractivity (Wildman–Crippen MR) is 80.1 cm³/mol. The Bertz CT molecular complexity index is 697. The second-order valence-electron chi connectivity index (χ2n) is 5.14. The van der Waals surface area contributed by atoms with Gasteiger partial charge >= 0.3 is 0 Å². The number of hydrogen-bond donors (Lipinski definition) is 2. The van der Waals surface area contributed by atoms with Crippen molar-refractivity contribution in [2.45, 2.75) is 18.3 Å². The number of nitrogens with zero attached hydrogens (tertiary/aromatic N) is 4. The van der Waals surface area contributed by atoms with Crippen molar-refractivity contribution in [3.05, 3.63) is 54.0 Å². The highest BCUT2D eigenvalue weighted by Crippen LogP contribution is 2.40. The number of rotatable bonds is 4. The van der Waals surface area contributed by atoms with Crippen LogP contribution in [0.25, 0.3) is 0 Å². The molecule has 4 N–H and O–H groups in total. The predicted octanol–water partition coefficient (Wildman–Crippen LogP) is 0.649. The van der Waals surface area contributed by atoms with Gasteiger partial charge in [0.25, 0.3) is 0 Å². The van der Waals surface area contributed by atoms with Crippen LogP contribution >= 0.6 is 0 Å². The first-order valence-electron chi connectivity index (χ1n) is 6.81. The third-order valence-electron chi connectivity index (χ3n) is 3.68. The van der Waals surface area contributed by atoms with Gasteiger partial charge in [-0.2, -0.15) is 5.26 Å². The zero-order chi connectivity index (χ0) is 15.6. The Labute approximate surface area is 128 Å². The minimum Gasteiger partial charge on any atom is -0.356 e. The largest absolute Gasteiger partial charge is 0.356 e. The SMILES string of the molecule is N#CC1c2cncnc2N(COCc2ccccc2)C1(N)N. The van der Waals surface area contributed by atoms with Crippen molar-refractivity contribution in [1.82, 2.24) is 9.97 Å². The first-order valence-corrected chi connectivity index (χ1v) is 6.81. The molecule has 2 heterocycles. The van der Waals surface area contributed by atoms with E-state index in [1.54, 1.807) is 11.1 Å². The van der Waals surface area contributed by atoms with Gasteiger partial charge in [-0.15, -0.1) is 0 Å². The molecule has 1 unspecified atom stereocenters. The normalized spacial score (nSPS) is 18.8. The number of anilines is 1. The van der Waals surface area contributed by atoms with Crippen LogP contribution < -0.4 is 16.4 Å². The lowest BCUT2D eigenvalue weighted by Crippen LogP contribution is -2.64. The van der Waals surface area contributed by atoms with Crippen LogP contribution in [0.3, 0.4) is 0 Å². The van der Waals surface area contributed by atoms with Crippen molar-refractivity contribution in [2.75, 3.05) is 11.6 Å². The topological polar surface area (TPSA) is 114 Å². The molecule has 1 aromatic carbocycles. The molecule has 1 atom stereocenters. The van der Waals surface area contributed by atoms with E-state index in [-0.39, 0.29) is 6.73 Å². The molecule has 7 heteroatoms. The molecule has 1 aliphatic heterocycles. The summed E-state index contributed by atoms with van der Waals surface area (Å²) in [5.74, 6) is -1.53. The quantitative estimate of drug-likeness (QED) is 0.796. The van der Waals surface area contributed by atoms with E-state index in [2.05, 4.69) is 16.0 Å². The molecule has 1 aliphatic rings. The van der Waals surface area contributed by atoms with Crippen LogP contribution in [0.1, 0.15) is 17.0 Å². The molecule has 3 rings (SSSR count). The molecule has 1 aromatic heterocycles. The van der Waals surface area contributed by atoms with Gasteiger partial charge in [-0.3, -0.25) is 11.5 Å². The second-order valence-corrected chi connectivity index (χ2v) is 5.14. The van der Waals surface area contributed by atoms with Crippen molar-refractivity contribution in [3.8, 4) is 6.07 Å². The summed E-state index contributed by atoms with van der Waals surface area (Å²) in [6, 6.07) is 11.9. The van der Waals surface area contributed by atoms with Gasteiger partial charge in [-0.05, 0) is 5.56 Å². The van der Waals surface area contributed by atoms with E-state index in [1.165, 1.54) is 6.33 Å². The molecule has 0 saturated carbocycles. The van der Waals surface area contributed by atoms with E-state index in [9.17, 15) is 5.26 Å². The molecule has 112 valence electrons. The number of hydrogen-bond acceptors (Lipinski definition) is 7. The Hall–Kier alpha value is -2.53. The lowest BCUT2D eigenvalue weighted by molar-refractivity contribution is 0.105. The average molecular weight is 296 g/mol. The fourth-order valence-electron chi connectivity index (χ4n) is 2.53. The minimum atomic E-state index is -1.37. The Kier molecular flexibility index (Phi) is 3.73. The molecule has 0 saturated heterocycles. The monoisotopic (exact) mass is 296 g/mol. The summed E-state index contributed by atoms with van der Waals surface area (Å²) in [7, 11) is 0. The molecule has 0 fully saturated rings. The third-order valence-corrected chi connectivity index (χ3v) is 3.68. The smallest absolute Gasteiger partial charge is 0.165 e. The Balaban J connectivity index is 1.77. The molecule has 0 aliphatic carbocycles. The Morgan fingerprint density at radius 1 is 1.32 bits per heavy atom. The summed E-state index contributed by atoms with van der Waals surface area (Å²) in [5, 5.41) is 9.34. The van der Waals surface area contributed by atoms with Crippen molar-refractivity contribution in [2.24, 2.45) is 11.5 Å². The summed E-state index contributed by atoms with van der Waals surface area (Å²) >= 11 is 0. The van der Waals surface area contributed by atoms with Crippen molar-refractivity contribution >= 4 is 5.82 Å². The van der Waals surface area contributed by atoms with Crippen LogP contribution in [0.15, 0.2) is 42.9 Å². The first kappa shape index (κ1) is 14.4. The summed E-state index contributed by atoms with van der Waals surface area (Å²) < 4.78 is 5.69. The Morgan fingerprint density at radius 2 is 2.09 bits per heavy atom. The molecule has 22 heavy (non-hydrogen) atoms. The van der Waals surface area contributed by atoms with Gasteiger partial charge in [0.2, 0.25) is 0 Å². The number of nitriles is 1. The van der Waals surface area contributed by atoms with E-state index in [1.807, 2.05) is 30.3 Å². The number of fused-ring (bicyclic) bond motifs is 1. The molecule has 0 amide bonds. The minimum absolute atomic E-state index is 0.143. The molecule has 0 spiro atoms. The lowest BCUT2D eigenvalue weighted by atomic mass is 10.0. The summed E-state index contributed by atoms with van der Waals surface area (Å²) in [4.78, 5) is 9.72. The number of aromatic nitrogens is 2. The summed E-state index contributed by atoms with van der Waals surface area (Å²) in [6.07, 6.45) is 2.97. The van der Waals surface area contributed by atoms with E-state index in [4.69, 9.17) is 16.2 Å². The van der Waals surface area contributed by atoms with Gasteiger partial charge in [-0.25, -0.2) is 9.97 Å². The van der Waals surface area contributed by atoms with Gasteiger partial charge in [-0.1, -0.05) is 30.3 Å². The maximum atomic E-state index is 9.34. The molecule has 0 bridgehead atoms. The summed E-state index contributed by atoms with van der Waals surface area (Å²) in [5.41, 5.74) is 13.9. The van der Waals surface area contributed by atoms with Gasteiger partial charge in [0, 0.05) is 11.8 Å². The maximum absolute atomic E-state index is 9.34. The third kappa shape index (κ3) is 2.40. The second kappa shape index (κ2) is 5.69. The van der Waals surface area contributed by atoms with Crippen LogP contribution in [0.2, 0.25) is 0 Å². The van der Waals surface area contributed by atoms with E-state index in [0.29, 0.717) is 18.0 Å². The van der Waals surface area contributed by atoms with Crippen molar-refractivity contribution in [1.29, 1.82) is 5.26 Å². The van der Waals surface area contributed by atoms with Crippen LogP contribution in [-0.4, -0.2) is 22.5 Å². The van der Waals surface area contributed by atoms with E-state index < -0.39 is 11.7 Å². The standard InChI is InChI=1S/C15H16N6O/c16-6-13-12-7-19-9-20-14(12)21(15(13,17)18)10-22-8-11-4-2-1-3-5-11/h1-5,7,9,13H,8,10,17-18H2. The van der Waals surface area contributed by atoms with Crippen LogP contribution in [0, 0.1) is 11.3 Å². The van der Waals surface area contributed by atoms with Crippen LogP contribution in [0.4, 0.5) is 5.82 Å². The molecule has 0 radical (unpaired) electrons. The fourth-order valence-corrected chi connectivity index (χ4v) is 2.53. The van der Waals surface area contributed by atoms with Gasteiger partial charge in [0.15, 0.2) is 5.79 Å². The van der Waals surface area contributed by atoms with Gasteiger partial charge in [0.1, 0.15) is 24.8 Å². The molecular weight excluding hydrogens is 280 g/mol. The van der Waals surface area contributed by atoms with E-state index in [0.717, 1.165) is 5.56 Å². The zero-order valence-corrected chi connectivity index (χ0v) is 11.9. The van der Waals surface area contributed by atoms with Crippen LogP contribution in [0.5, 0.6) is 0 Å². The molecular formula is C15H16N6O. The highest BCUT2D eigenvalue weighted by Gasteiger charge is 2.48. The zero-order valence-electron chi connectivity index (χ0n) is 11.9. The van der Waals surface area contributed by atoms with E-state index >= 15 is 0 Å². The first-order chi connectivity index (χ1) is 10.6. The molecule has 7 nitrogen and oxygen atoms in total. The summed E-state index contributed by atoms with van der Waals surface area (Å²) in [6.45, 7) is 0.565. The number of benzene rings is 1. The highest BCUT2D eigenvalue weighted by atomic mass is 16.5. The molecule has 2 aromatic rings.